The molecule has 1 amide bonds. The summed E-state index contributed by atoms with van der Waals surface area (Å²) in [6.07, 6.45) is 2.74. The summed E-state index contributed by atoms with van der Waals surface area (Å²) in [4.78, 5) is 13.1. The number of carbonyl (C=O) groups excluding carboxylic acids is 1. The van der Waals surface area contributed by atoms with E-state index < -0.39 is 10.8 Å². The maximum Gasteiger partial charge on any atom is 0.234 e. The molecule has 5 heteroatoms. The van der Waals surface area contributed by atoms with Crippen molar-refractivity contribution in [1.29, 1.82) is 0 Å². The maximum atomic E-state index is 11.5. The third kappa shape index (κ3) is 7.50. The van der Waals surface area contributed by atoms with Gasteiger partial charge in [0, 0.05) is 30.1 Å². The molecule has 4 nitrogen and oxygen atoms in total. The zero-order chi connectivity index (χ0) is 11.7. The number of hydrogen-bond donors (Lipinski definition) is 1. The van der Waals surface area contributed by atoms with E-state index in [1.165, 1.54) is 0 Å². The molecule has 0 bridgehead atoms. The minimum atomic E-state index is -0.999. The molecular formula is C10H22N2O2S. The van der Waals surface area contributed by atoms with Crippen LogP contribution in [0.15, 0.2) is 0 Å². The molecule has 0 radical (unpaired) electrons. The van der Waals surface area contributed by atoms with Gasteiger partial charge in [0.15, 0.2) is 0 Å². The van der Waals surface area contributed by atoms with Gasteiger partial charge in [-0.3, -0.25) is 9.00 Å². The van der Waals surface area contributed by atoms with Crippen molar-refractivity contribution in [2.75, 3.05) is 31.6 Å². The van der Waals surface area contributed by atoms with Crippen LogP contribution >= 0.6 is 0 Å². The molecule has 0 saturated heterocycles. The van der Waals surface area contributed by atoms with Gasteiger partial charge in [0.2, 0.25) is 5.91 Å². The van der Waals surface area contributed by atoms with Gasteiger partial charge < -0.3 is 10.6 Å². The summed E-state index contributed by atoms with van der Waals surface area (Å²) in [7, 11) is 0.733. The standard InChI is InChI=1S/C10H22N2O2S/c1-3-4-8-15(14)9-10(13)12(2)7-5-6-11/h3-9,11H2,1-2H3. The van der Waals surface area contributed by atoms with Crippen LogP contribution in [-0.4, -0.2) is 46.7 Å². The molecule has 0 aromatic rings. The number of unbranched alkanes of at least 4 members (excludes halogenated alkanes) is 1. The lowest BCUT2D eigenvalue weighted by atomic mass is 10.4. The molecule has 0 aliphatic carbocycles. The van der Waals surface area contributed by atoms with Crippen molar-refractivity contribution >= 4 is 16.7 Å². The van der Waals surface area contributed by atoms with Gasteiger partial charge in [0.05, 0.1) is 0 Å². The highest BCUT2D eigenvalue weighted by Crippen LogP contribution is 1.95. The lowest BCUT2D eigenvalue weighted by molar-refractivity contribution is -0.127. The summed E-state index contributed by atoms with van der Waals surface area (Å²) in [5.41, 5.74) is 5.35. The highest BCUT2D eigenvalue weighted by molar-refractivity contribution is 7.85. The van der Waals surface area contributed by atoms with Crippen molar-refractivity contribution in [3.05, 3.63) is 0 Å². The quantitative estimate of drug-likeness (QED) is 0.659. The molecule has 15 heavy (non-hydrogen) atoms. The number of hydrogen-bond acceptors (Lipinski definition) is 3. The maximum absolute atomic E-state index is 11.5. The molecule has 0 rings (SSSR count). The van der Waals surface area contributed by atoms with Gasteiger partial charge in [0.1, 0.15) is 5.75 Å². The van der Waals surface area contributed by atoms with Crippen molar-refractivity contribution in [3.8, 4) is 0 Å². The van der Waals surface area contributed by atoms with E-state index in [1.807, 2.05) is 6.92 Å². The molecule has 0 heterocycles. The Labute approximate surface area is 94.7 Å². The molecule has 1 atom stereocenters. The number of nitrogens with two attached hydrogens (primary N) is 1. The summed E-state index contributed by atoms with van der Waals surface area (Å²) in [6.45, 7) is 3.28. The van der Waals surface area contributed by atoms with Gasteiger partial charge in [-0.05, 0) is 19.4 Å². The molecule has 0 aromatic heterocycles. The molecule has 0 spiro atoms. The third-order valence-corrected chi connectivity index (χ3v) is 3.45. The highest BCUT2D eigenvalue weighted by Gasteiger charge is 2.11. The Morgan fingerprint density at radius 3 is 2.60 bits per heavy atom. The lowest BCUT2D eigenvalue weighted by Crippen LogP contribution is -2.33. The van der Waals surface area contributed by atoms with E-state index in [-0.39, 0.29) is 11.7 Å². The molecule has 90 valence electrons. The second-order valence-electron chi connectivity index (χ2n) is 3.60. The van der Waals surface area contributed by atoms with Crippen LogP contribution in [0, 0.1) is 0 Å². The van der Waals surface area contributed by atoms with Crippen molar-refractivity contribution in [2.24, 2.45) is 5.73 Å². The van der Waals surface area contributed by atoms with Crippen molar-refractivity contribution in [3.63, 3.8) is 0 Å². The number of rotatable bonds is 8. The third-order valence-electron chi connectivity index (χ3n) is 2.13. The van der Waals surface area contributed by atoms with Crippen LogP contribution in [0.25, 0.3) is 0 Å². The van der Waals surface area contributed by atoms with E-state index in [1.54, 1.807) is 11.9 Å². The van der Waals surface area contributed by atoms with Gasteiger partial charge in [-0.25, -0.2) is 0 Å². The Balaban J connectivity index is 3.75. The summed E-state index contributed by atoms with van der Waals surface area (Å²) in [5, 5.41) is 0. The molecule has 0 aliphatic heterocycles. The van der Waals surface area contributed by atoms with E-state index in [2.05, 4.69) is 0 Å². The van der Waals surface area contributed by atoms with Crippen LogP contribution < -0.4 is 5.73 Å². The molecule has 2 N–H and O–H groups in total. The fraction of sp³-hybridized carbons (Fsp3) is 0.900. The average molecular weight is 234 g/mol. The summed E-state index contributed by atoms with van der Waals surface area (Å²) < 4.78 is 11.4. The fourth-order valence-corrected chi connectivity index (χ4v) is 2.33. The lowest BCUT2D eigenvalue weighted by Gasteiger charge is -2.16. The van der Waals surface area contributed by atoms with E-state index in [9.17, 15) is 9.00 Å². The smallest absolute Gasteiger partial charge is 0.234 e. The zero-order valence-electron chi connectivity index (χ0n) is 9.70. The summed E-state index contributed by atoms with van der Waals surface area (Å²) in [5.74, 6) is 0.742. The van der Waals surface area contributed by atoms with Gasteiger partial charge >= 0.3 is 0 Å². The largest absolute Gasteiger partial charge is 0.345 e. The Morgan fingerprint density at radius 1 is 1.40 bits per heavy atom. The molecule has 1 unspecified atom stereocenters. The molecule has 0 aromatic carbocycles. The summed E-state index contributed by atoms with van der Waals surface area (Å²) >= 11 is 0. The number of amides is 1. The molecule has 0 fully saturated rings. The first kappa shape index (κ1) is 14.6. The second-order valence-corrected chi connectivity index (χ2v) is 5.18. The Hall–Kier alpha value is -0.420. The number of nitrogens with zero attached hydrogens (tertiary/aromatic N) is 1. The van der Waals surface area contributed by atoms with Crippen molar-refractivity contribution < 1.29 is 9.00 Å². The first-order valence-corrected chi connectivity index (χ1v) is 6.89. The highest BCUT2D eigenvalue weighted by atomic mass is 32.2. The van der Waals surface area contributed by atoms with Gasteiger partial charge in [-0.2, -0.15) is 0 Å². The molecular weight excluding hydrogens is 212 g/mol. The minimum Gasteiger partial charge on any atom is -0.345 e. The van der Waals surface area contributed by atoms with E-state index in [0.717, 1.165) is 19.3 Å². The second kappa shape index (κ2) is 8.85. The van der Waals surface area contributed by atoms with Crippen LogP contribution in [0.3, 0.4) is 0 Å². The Bertz CT molecular complexity index is 210. The topological polar surface area (TPSA) is 63.4 Å². The summed E-state index contributed by atoms with van der Waals surface area (Å²) in [6, 6.07) is 0. The van der Waals surface area contributed by atoms with Crippen molar-refractivity contribution in [1.82, 2.24) is 4.90 Å². The number of carbonyl (C=O) groups is 1. The van der Waals surface area contributed by atoms with Gasteiger partial charge in [-0.15, -0.1) is 0 Å². The van der Waals surface area contributed by atoms with Crippen LogP contribution in [0.1, 0.15) is 26.2 Å². The van der Waals surface area contributed by atoms with E-state index >= 15 is 0 Å². The van der Waals surface area contributed by atoms with Crippen molar-refractivity contribution in [2.45, 2.75) is 26.2 Å². The predicted octanol–water partition coefficient (Wildman–Crippen LogP) is 0.342. The molecule has 0 saturated carbocycles. The van der Waals surface area contributed by atoms with Gasteiger partial charge in [0.25, 0.3) is 0 Å². The zero-order valence-corrected chi connectivity index (χ0v) is 10.5. The van der Waals surface area contributed by atoms with Crippen LogP contribution in [0.2, 0.25) is 0 Å². The first-order chi connectivity index (χ1) is 7.11. The van der Waals surface area contributed by atoms with Crippen LogP contribution in [-0.2, 0) is 15.6 Å². The molecule has 0 aliphatic rings. The normalized spacial score (nSPS) is 12.5. The Kier molecular flexibility index (Phi) is 8.61. The Morgan fingerprint density at radius 2 is 2.07 bits per heavy atom. The van der Waals surface area contributed by atoms with E-state index in [4.69, 9.17) is 5.73 Å². The predicted molar refractivity (Wildman–Crippen MR) is 64.1 cm³/mol. The first-order valence-electron chi connectivity index (χ1n) is 5.40. The van der Waals surface area contributed by atoms with Crippen LogP contribution in [0.4, 0.5) is 0 Å². The monoisotopic (exact) mass is 234 g/mol. The average Bonchev–Trinajstić information content (AvgIpc) is 2.22. The van der Waals surface area contributed by atoms with Gasteiger partial charge in [-0.1, -0.05) is 13.3 Å². The van der Waals surface area contributed by atoms with Crippen LogP contribution in [0.5, 0.6) is 0 Å². The SMILES string of the molecule is CCCCS(=O)CC(=O)N(C)CCCN. The fourth-order valence-electron chi connectivity index (χ4n) is 1.08. The minimum absolute atomic E-state index is 0.0436. The van der Waals surface area contributed by atoms with E-state index in [0.29, 0.717) is 18.8 Å².